The van der Waals surface area contributed by atoms with E-state index in [4.69, 9.17) is 23.7 Å². The molecule has 0 aromatic rings. The molecular formula is C41H68O12. The molecule has 304 valence electrons. The molecular weight excluding hydrogens is 684 g/mol. The van der Waals surface area contributed by atoms with E-state index in [9.17, 15) is 35.1 Å². The van der Waals surface area contributed by atoms with Gasteiger partial charge in [0.15, 0.2) is 6.29 Å². The highest BCUT2D eigenvalue weighted by Crippen LogP contribution is 2.74. The van der Waals surface area contributed by atoms with Crippen molar-refractivity contribution in [3.8, 4) is 0 Å². The highest BCUT2D eigenvalue weighted by Gasteiger charge is 2.69. The third kappa shape index (κ3) is 7.26. The summed E-state index contributed by atoms with van der Waals surface area (Å²) >= 11 is 0. The topological polar surface area (TPSA) is 181 Å². The van der Waals surface area contributed by atoms with Crippen molar-refractivity contribution < 1.29 is 58.8 Å². The van der Waals surface area contributed by atoms with Crippen LogP contribution in [0.15, 0.2) is 11.6 Å². The quantitative estimate of drug-likeness (QED) is 0.116. The highest BCUT2D eigenvalue weighted by molar-refractivity contribution is 5.66. The van der Waals surface area contributed by atoms with Crippen LogP contribution in [0.1, 0.15) is 114 Å². The number of fused-ring (bicyclic) bond motifs is 5. The Hall–Kier alpha value is -1.64. The van der Waals surface area contributed by atoms with E-state index in [1.54, 1.807) is 13.8 Å². The molecule has 5 rings (SSSR count). The van der Waals surface area contributed by atoms with Crippen molar-refractivity contribution in [2.24, 2.45) is 45.3 Å². The van der Waals surface area contributed by atoms with Gasteiger partial charge in [-0.25, -0.2) is 0 Å². The molecule has 0 bridgehead atoms. The first kappa shape index (κ1) is 42.5. The first-order chi connectivity index (χ1) is 24.5. The predicted octanol–water partition coefficient (Wildman–Crippen LogP) is 4.06. The third-order valence-corrected chi connectivity index (χ3v) is 15.3. The molecule has 0 aromatic carbocycles. The summed E-state index contributed by atoms with van der Waals surface area (Å²) in [6.45, 7) is 19.4. The van der Waals surface area contributed by atoms with Crippen molar-refractivity contribution >= 4 is 11.9 Å². The molecule has 4 aliphatic carbocycles. The number of rotatable bonds is 11. The van der Waals surface area contributed by atoms with Gasteiger partial charge in [-0.15, -0.1) is 0 Å². The number of allylic oxidation sites excluding steroid dienone is 1. The third-order valence-electron chi connectivity index (χ3n) is 15.3. The van der Waals surface area contributed by atoms with Gasteiger partial charge in [0, 0.05) is 31.8 Å². The van der Waals surface area contributed by atoms with Crippen LogP contribution in [0, 0.1) is 45.3 Å². The predicted molar refractivity (Wildman–Crippen MR) is 195 cm³/mol. The second-order valence-corrected chi connectivity index (χ2v) is 19.0. The minimum atomic E-state index is -1.59. The van der Waals surface area contributed by atoms with Crippen LogP contribution in [0.5, 0.6) is 0 Å². The molecule has 3 saturated carbocycles. The lowest BCUT2D eigenvalue weighted by atomic mass is 9.37. The van der Waals surface area contributed by atoms with Gasteiger partial charge < -0.3 is 49.2 Å². The zero-order valence-electron chi connectivity index (χ0n) is 33.8. The molecule has 12 heteroatoms. The maximum Gasteiger partial charge on any atom is 0.302 e. The lowest BCUT2D eigenvalue weighted by Gasteiger charge is -2.69. The highest BCUT2D eigenvalue weighted by atomic mass is 16.7. The second kappa shape index (κ2) is 15.0. The number of methoxy groups -OCH3 is 1. The maximum atomic E-state index is 12.3. The Labute approximate surface area is 315 Å². The van der Waals surface area contributed by atoms with E-state index in [0.29, 0.717) is 12.8 Å². The number of hydrogen-bond acceptors (Lipinski definition) is 12. The van der Waals surface area contributed by atoms with Crippen LogP contribution in [0.25, 0.3) is 0 Å². The van der Waals surface area contributed by atoms with Crippen molar-refractivity contribution in [3.63, 3.8) is 0 Å². The van der Waals surface area contributed by atoms with Crippen molar-refractivity contribution in [1.29, 1.82) is 0 Å². The van der Waals surface area contributed by atoms with Crippen molar-refractivity contribution in [3.05, 3.63) is 11.6 Å². The number of esters is 2. The molecule has 16 atom stereocenters. The lowest BCUT2D eigenvalue weighted by Crippen LogP contribution is -2.67. The summed E-state index contributed by atoms with van der Waals surface area (Å²) in [4.78, 5) is 23.9. The number of aliphatic hydroxyl groups excluding tert-OH is 5. The lowest BCUT2D eigenvalue weighted by molar-refractivity contribution is -0.334. The molecule has 53 heavy (non-hydrogen) atoms. The molecule has 0 spiro atoms. The fourth-order valence-corrected chi connectivity index (χ4v) is 12.2. The fourth-order valence-electron chi connectivity index (χ4n) is 12.2. The van der Waals surface area contributed by atoms with E-state index in [2.05, 4.69) is 47.6 Å². The SMILES string of the molecule is COC(C)(C)C(O)C(O)C[C@H](C)C1CC=C2C1(C)CCC1[C@@]3(C)CCC(OC(C)=O)C(C)(C)C3CC(OC3OC(COC(C)=O)C(O)C(O)C3O)[C@@]21C. The van der Waals surface area contributed by atoms with Gasteiger partial charge >= 0.3 is 11.9 Å². The van der Waals surface area contributed by atoms with Crippen LogP contribution in [0.4, 0.5) is 0 Å². The Balaban J connectivity index is 1.52. The number of ether oxygens (including phenoxy) is 5. The van der Waals surface area contributed by atoms with Gasteiger partial charge in [-0.05, 0) is 93.3 Å². The number of carbonyl (C=O) groups excluding carboxylic acids is 2. The Bertz CT molecular complexity index is 1380. The summed E-state index contributed by atoms with van der Waals surface area (Å²) in [7, 11) is 1.53. The zero-order valence-corrected chi connectivity index (χ0v) is 33.8. The van der Waals surface area contributed by atoms with Gasteiger partial charge in [-0.2, -0.15) is 0 Å². The van der Waals surface area contributed by atoms with Crippen molar-refractivity contribution in [2.45, 2.75) is 175 Å². The maximum absolute atomic E-state index is 12.3. The van der Waals surface area contributed by atoms with Gasteiger partial charge in [0.2, 0.25) is 0 Å². The Kier molecular flexibility index (Phi) is 12.1. The summed E-state index contributed by atoms with van der Waals surface area (Å²) in [6.07, 6.45) is -2.29. The number of aliphatic hydroxyl groups is 5. The fraction of sp³-hybridized carbons (Fsp3) is 0.902. The van der Waals surface area contributed by atoms with Crippen molar-refractivity contribution in [1.82, 2.24) is 0 Å². The van der Waals surface area contributed by atoms with E-state index in [-0.39, 0.29) is 53.2 Å². The summed E-state index contributed by atoms with van der Waals surface area (Å²) in [5, 5.41) is 55.2. The minimum Gasteiger partial charge on any atom is -0.463 e. The van der Waals surface area contributed by atoms with Gasteiger partial charge in [-0.1, -0.05) is 53.2 Å². The van der Waals surface area contributed by atoms with Crippen LogP contribution in [0.2, 0.25) is 0 Å². The largest absolute Gasteiger partial charge is 0.463 e. The van der Waals surface area contributed by atoms with E-state index in [0.717, 1.165) is 32.1 Å². The molecule has 4 fully saturated rings. The van der Waals surface area contributed by atoms with E-state index >= 15 is 0 Å². The van der Waals surface area contributed by atoms with E-state index < -0.39 is 71.4 Å². The molecule has 1 aliphatic heterocycles. The first-order valence-electron chi connectivity index (χ1n) is 19.7. The summed E-state index contributed by atoms with van der Waals surface area (Å²) in [5.41, 5.74) is -0.954. The molecule has 1 heterocycles. The minimum absolute atomic E-state index is 0.0612. The summed E-state index contributed by atoms with van der Waals surface area (Å²) < 4.78 is 29.7. The number of carbonyl (C=O) groups is 2. The average Bonchev–Trinajstić information content (AvgIpc) is 3.44. The molecule has 0 amide bonds. The van der Waals surface area contributed by atoms with Crippen LogP contribution < -0.4 is 0 Å². The van der Waals surface area contributed by atoms with Gasteiger partial charge in [0.1, 0.15) is 43.2 Å². The van der Waals surface area contributed by atoms with Gasteiger partial charge in [-0.3, -0.25) is 9.59 Å². The smallest absolute Gasteiger partial charge is 0.302 e. The summed E-state index contributed by atoms with van der Waals surface area (Å²) in [5.74, 6) is -0.410. The van der Waals surface area contributed by atoms with Crippen LogP contribution in [-0.2, 0) is 33.3 Å². The van der Waals surface area contributed by atoms with Crippen LogP contribution in [-0.4, -0.2) is 112 Å². The number of hydrogen-bond donors (Lipinski definition) is 5. The normalized spacial score (nSPS) is 44.0. The monoisotopic (exact) mass is 752 g/mol. The molecule has 13 unspecified atom stereocenters. The molecule has 5 aliphatic rings. The van der Waals surface area contributed by atoms with Gasteiger partial charge in [0.05, 0.1) is 17.8 Å². The molecule has 12 nitrogen and oxygen atoms in total. The van der Waals surface area contributed by atoms with Crippen molar-refractivity contribution in [2.75, 3.05) is 13.7 Å². The zero-order chi connectivity index (χ0) is 39.6. The molecule has 5 N–H and O–H groups in total. The standard InChI is InChI=1S/C41H68O12/c1-21(18-25(44)35(48)38(6,7)49-11)24-12-13-27-39(24,8)16-14-28-40(9)17-15-30(51-23(3)43)37(4,5)29(40)19-31(41(27,28)10)53-36-34(47)33(46)32(45)26(52-36)20-50-22(2)42/h13,21,24-26,28-36,44-48H,12,14-20H2,1-11H3/t21-,24?,25?,26?,28?,29?,30?,31?,32?,33?,34?,35?,36?,39?,40+,41-/m0/s1. The molecule has 1 saturated heterocycles. The van der Waals surface area contributed by atoms with E-state index in [1.807, 2.05) is 0 Å². The van der Waals surface area contributed by atoms with Crippen LogP contribution in [0.3, 0.4) is 0 Å². The average molecular weight is 753 g/mol. The Morgan fingerprint density at radius 1 is 0.943 bits per heavy atom. The molecule has 0 radical (unpaired) electrons. The van der Waals surface area contributed by atoms with Gasteiger partial charge in [0.25, 0.3) is 0 Å². The summed E-state index contributed by atoms with van der Waals surface area (Å²) in [6, 6.07) is 0. The molecule has 0 aromatic heterocycles. The van der Waals surface area contributed by atoms with E-state index in [1.165, 1.54) is 26.5 Å². The first-order valence-corrected chi connectivity index (χ1v) is 19.7. The Morgan fingerprint density at radius 3 is 2.21 bits per heavy atom. The van der Waals surface area contributed by atoms with Crippen LogP contribution >= 0.6 is 0 Å². The Morgan fingerprint density at radius 2 is 1.60 bits per heavy atom. The second-order valence-electron chi connectivity index (χ2n) is 19.0.